The van der Waals surface area contributed by atoms with Crippen LogP contribution in [0.5, 0.6) is 5.75 Å². The van der Waals surface area contributed by atoms with Crippen LogP contribution in [0.15, 0.2) is 18.2 Å². The van der Waals surface area contributed by atoms with Crippen molar-refractivity contribution in [1.82, 2.24) is 5.32 Å². The molecule has 0 aliphatic carbocycles. The average molecular weight is 283 g/mol. The van der Waals surface area contributed by atoms with Gasteiger partial charge < -0.3 is 15.2 Å². The van der Waals surface area contributed by atoms with Crippen molar-refractivity contribution in [1.29, 1.82) is 5.26 Å². The summed E-state index contributed by atoms with van der Waals surface area (Å²) in [4.78, 5) is 22.3. The van der Waals surface area contributed by atoms with Gasteiger partial charge in [-0.05, 0) is 12.1 Å². The number of halogens is 1. The molecule has 0 atom stereocenters. The minimum atomic E-state index is -1.23. The Kier molecular flexibility index (Phi) is 5.64. The van der Waals surface area contributed by atoms with Crippen LogP contribution in [0.25, 0.3) is 0 Å². The molecule has 0 aliphatic heterocycles. The Bertz CT molecular complexity index is 525. The minimum absolute atomic E-state index is 0.0235. The number of aromatic carboxylic acids is 1. The maximum Gasteiger partial charge on any atom is 0.341 e. The summed E-state index contributed by atoms with van der Waals surface area (Å²) < 4.78 is 5.11. The van der Waals surface area contributed by atoms with E-state index in [9.17, 15) is 9.59 Å². The van der Waals surface area contributed by atoms with Gasteiger partial charge in [-0.2, -0.15) is 5.26 Å². The van der Waals surface area contributed by atoms with Gasteiger partial charge in [-0.25, -0.2) is 4.79 Å². The third-order valence-corrected chi connectivity index (χ3v) is 2.42. The van der Waals surface area contributed by atoms with Crippen molar-refractivity contribution in [2.45, 2.75) is 6.42 Å². The molecule has 1 rings (SSSR count). The van der Waals surface area contributed by atoms with Crippen molar-refractivity contribution in [3.8, 4) is 11.8 Å². The zero-order valence-corrected chi connectivity index (χ0v) is 10.6. The van der Waals surface area contributed by atoms with E-state index >= 15 is 0 Å². The Labute approximate surface area is 114 Å². The molecule has 0 heterocycles. The normalized spacial score (nSPS) is 9.47. The molecular formula is C12H11ClN2O4. The van der Waals surface area contributed by atoms with E-state index in [1.54, 1.807) is 0 Å². The van der Waals surface area contributed by atoms with Gasteiger partial charge in [0.2, 0.25) is 0 Å². The molecule has 7 heteroatoms. The van der Waals surface area contributed by atoms with Crippen LogP contribution in [-0.4, -0.2) is 30.1 Å². The summed E-state index contributed by atoms with van der Waals surface area (Å²) in [6, 6.07) is 6.24. The van der Waals surface area contributed by atoms with Crippen LogP contribution >= 0.6 is 11.6 Å². The Morgan fingerprint density at radius 3 is 2.84 bits per heavy atom. The van der Waals surface area contributed by atoms with Crippen LogP contribution < -0.4 is 10.1 Å². The molecule has 19 heavy (non-hydrogen) atoms. The largest absolute Gasteiger partial charge is 0.483 e. The number of rotatable bonds is 6. The van der Waals surface area contributed by atoms with Crippen LogP contribution in [0.1, 0.15) is 16.8 Å². The van der Waals surface area contributed by atoms with Gasteiger partial charge in [-0.3, -0.25) is 4.79 Å². The van der Waals surface area contributed by atoms with E-state index in [1.165, 1.54) is 18.2 Å². The van der Waals surface area contributed by atoms with Crippen LogP contribution in [0.2, 0.25) is 5.02 Å². The predicted octanol–water partition coefficient (Wildman–Crippen LogP) is 1.45. The van der Waals surface area contributed by atoms with Gasteiger partial charge in [0.05, 0.1) is 17.5 Å². The molecule has 0 radical (unpaired) electrons. The molecule has 100 valence electrons. The Morgan fingerprint density at radius 2 is 2.21 bits per heavy atom. The van der Waals surface area contributed by atoms with E-state index in [4.69, 9.17) is 26.7 Å². The summed E-state index contributed by atoms with van der Waals surface area (Å²) in [5.74, 6) is -1.65. The van der Waals surface area contributed by atoms with E-state index in [-0.39, 0.29) is 35.9 Å². The van der Waals surface area contributed by atoms with Crippen LogP contribution in [0.4, 0.5) is 0 Å². The predicted molar refractivity (Wildman–Crippen MR) is 67.1 cm³/mol. The van der Waals surface area contributed by atoms with Gasteiger partial charge in [0.1, 0.15) is 11.3 Å². The molecule has 0 saturated heterocycles. The van der Waals surface area contributed by atoms with E-state index in [0.717, 1.165) is 0 Å². The van der Waals surface area contributed by atoms with Crippen molar-refractivity contribution in [3.63, 3.8) is 0 Å². The first kappa shape index (κ1) is 14.8. The molecular weight excluding hydrogens is 272 g/mol. The number of nitrogens with one attached hydrogen (secondary N) is 1. The Hall–Kier alpha value is -2.26. The zero-order chi connectivity index (χ0) is 14.3. The third kappa shape index (κ3) is 4.48. The molecule has 0 aliphatic rings. The fourth-order valence-electron chi connectivity index (χ4n) is 1.28. The van der Waals surface area contributed by atoms with Gasteiger partial charge in [-0.15, -0.1) is 0 Å². The second kappa shape index (κ2) is 7.24. The van der Waals surface area contributed by atoms with Crippen LogP contribution in [0, 0.1) is 11.3 Å². The Balaban J connectivity index is 2.63. The molecule has 0 spiro atoms. The number of hydrogen-bond donors (Lipinski definition) is 2. The molecule has 0 fully saturated rings. The molecule has 0 aromatic heterocycles. The highest BCUT2D eigenvalue weighted by Gasteiger charge is 2.16. The summed E-state index contributed by atoms with van der Waals surface area (Å²) >= 11 is 5.74. The molecule has 0 unspecified atom stereocenters. The molecule has 0 saturated carbocycles. The third-order valence-electron chi connectivity index (χ3n) is 2.11. The monoisotopic (exact) mass is 282 g/mol. The van der Waals surface area contributed by atoms with Gasteiger partial charge in [0.15, 0.2) is 6.61 Å². The number of nitrogens with zero attached hydrogens (tertiary/aromatic N) is 1. The standard InChI is InChI=1S/C12H11ClN2O4/c13-8-3-1-4-9(11(8)12(17)18)19-7-10(16)15-6-2-5-14/h1,3-4H,2,6-7H2,(H,15,16)(H,17,18). The van der Waals surface area contributed by atoms with Crippen molar-refractivity contribution in [3.05, 3.63) is 28.8 Å². The highest BCUT2D eigenvalue weighted by atomic mass is 35.5. The molecule has 2 N–H and O–H groups in total. The smallest absolute Gasteiger partial charge is 0.341 e. The SMILES string of the molecule is N#CCCNC(=O)COc1cccc(Cl)c1C(=O)O. The maximum absolute atomic E-state index is 11.3. The fourth-order valence-corrected chi connectivity index (χ4v) is 1.53. The first-order valence-electron chi connectivity index (χ1n) is 5.34. The molecule has 1 aromatic carbocycles. The topological polar surface area (TPSA) is 99.4 Å². The van der Waals surface area contributed by atoms with Crippen LogP contribution in [-0.2, 0) is 4.79 Å². The van der Waals surface area contributed by atoms with Crippen LogP contribution in [0.3, 0.4) is 0 Å². The summed E-state index contributed by atoms with van der Waals surface area (Å²) in [5.41, 5.74) is -0.186. The number of hydrogen-bond acceptors (Lipinski definition) is 4. The molecule has 6 nitrogen and oxygen atoms in total. The van der Waals surface area contributed by atoms with Gasteiger partial charge in [0, 0.05) is 6.54 Å². The lowest BCUT2D eigenvalue weighted by molar-refractivity contribution is -0.123. The number of carboxylic acids is 1. The van der Waals surface area contributed by atoms with Crippen molar-refractivity contribution in [2.24, 2.45) is 0 Å². The number of benzene rings is 1. The van der Waals surface area contributed by atoms with E-state index < -0.39 is 11.9 Å². The summed E-state index contributed by atoms with van der Waals surface area (Å²) in [6.45, 7) is -0.119. The number of carbonyl (C=O) groups is 2. The number of carboxylic acid groups (broad SMARTS) is 1. The van der Waals surface area contributed by atoms with E-state index in [2.05, 4.69) is 5.32 Å². The fraction of sp³-hybridized carbons (Fsp3) is 0.250. The lowest BCUT2D eigenvalue weighted by Crippen LogP contribution is -2.29. The van der Waals surface area contributed by atoms with Gasteiger partial charge in [-0.1, -0.05) is 17.7 Å². The second-order valence-electron chi connectivity index (χ2n) is 3.46. The quantitative estimate of drug-likeness (QED) is 0.769. The molecule has 1 aromatic rings. The zero-order valence-electron chi connectivity index (χ0n) is 9.85. The number of amides is 1. The minimum Gasteiger partial charge on any atom is -0.483 e. The molecule has 1 amide bonds. The second-order valence-corrected chi connectivity index (χ2v) is 3.87. The van der Waals surface area contributed by atoms with Gasteiger partial charge in [0.25, 0.3) is 5.91 Å². The first-order chi connectivity index (χ1) is 9.06. The van der Waals surface area contributed by atoms with Crippen molar-refractivity contribution >= 4 is 23.5 Å². The lowest BCUT2D eigenvalue weighted by Gasteiger charge is -2.09. The number of ether oxygens (including phenoxy) is 1. The Morgan fingerprint density at radius 1 is 1.47 bits per heavy atom. The number of nitriles is 1. The molecule has 0 bridgehead atoms. The van der Waals surface area contributed by atoms with Crippen molar-refractivity contribution in [2.75, 3.05) is 13.2 Å². The van der Waals surface area contributed by atoms with Gasteiger partial charge >= 0.3 is 5.97 Å². The number of carbonyl (C=O) groups excluding carboxylic acids is 1. The lowest BCUT2D eigenvalue weighted by atomic mass is 10.2. The summed E-state index contributed by atoms with van der Waals surface area (Å²) in [5, 5.41) is 19.8. The summed E-state index contributed by atoms with van der Waals surface area (Å²) in [6.07, 6.45) is 0.198. The highest BCUT2D eigenvalue weighted by molar-refractivity contribution is 6.33. The van der Waals surface area contributed by atoms with E-state index in [1.807, 2.05) is 6.07 Å². The van der Waals surface area contributed by atoms with E-state index in [0.29, 0.717) is 0 Å². The highest BCUT2D eigenvalue weighted by Crippen LogP contribution is 2.26. The summed E-state index contributed by atoms with van der Waals surface area (Å²) in [7, 11) is 0. The van der Waals surface area contributed by atoms with Crippen molar-refractivity contribution < 1.29 is 19.4 Å². The first-order valence-corrected chi connectivity index (χ1v) is 5.72. The maximum atomic E-state index is 11.3. The average Bonchev–Trinajstić information content (AvgIpc) is 2.36.